The molecule has 0 saturated carbocycles. The van der Waals surface area contributed by atoms with Crippen LogP contribution in [0.15, 0.2) is 46.9 Å². The molecule has 1 aliphatic heterocycles. The Hall–Kier alpha value is -3.20. The summed E-state index contributed by atoms with van der Waals surface area (Å²) in [7, 11) is 0. The third-order valence-corrected chi connectivity index (χ3v) is 6.57. The zero-order valence-corrected chi connectivity index (χ0v) is 21.5. The zero-order valence-electron chi connectivity index (χ0n) is 20.7. The second-order valence-corrected chi connectivity index (χ2v) is 10.6. The van der Waals surface area contributed by atoms with E-state index in [9.17, 15) is 14.4 Å². The van der Waals surface area contributed by atoms with Gasteiger partial charge in [0.1, 0.15) is 18.3 Å². The van der Waals surface area contributed by atoms with Crippen molar-refractivity contribution in [2.75, 3.05) is 0 Å². The molecule has 0 saturated heterocycles. The molecular formula is C26H34N4O4S. The van der Waals surface area contributed by atoms with Gasteiger partial charge in [0.15, 0.2) is 0 Å². The van der Waals surface area contributed by atoms with E-state index >= 15 is 0 Å². The van der Waals surface area contributed by atoms with E-state index in [2.05, 4.69) is 21.2 Å². The molecule has 8 nitrogen and oxygen atoms in total. The highest BCUT2D eigenvalue weighted by atomic mass is 32.1. The number of hydrogen-bond acceptors (Lipinski definition) is 7. The van der Waals surface area contributed by atoms with Crippen molar-refractivity contribution in [3.05, 3.63) is 47.3 Å². The Morgan fingerprint density at radius 2 is 2.03 bits per heavy atom. The molecule has 1 aromatic heterocycles. The van der Waals surface area contributed by atoms with Crippen molar-refractivity contribution in [3.8, 4) is 10.4 Å². The molecule has 2 heterocycles. The molecule has 9 heteroatoms. The number of alkyl carbamates (subject to hydrolysis) is 1. The summed E-state index contributed by atoms with van der Waals surface area (Å²) in [6, 6.07) is 11.0. The average molecular weight is 499 g/mol. The van der Waals surface area contributed by atoms with E-state index < -0.39 is 41.5 Å². The van der Waals surface area contributed by atoms with E-state index in [1.165, 1.54) is 0 Å². The molecule has 0 aliphatic carbocycles. The normalized spacial score (nSPS) is 16.7. The van der Waals surface area contributed by atoms with Crippen LogP contribution in [0.25, 0.3) is 10.4 Å². The summed E-state index contributed by atoms with van der Waals surface area (Å²) in [6.07, 6.45) is 2.26. The number of hydrazone groups is 1. The van der Waals surface area contributed by atoms with Crippen LogP contribution in [0.5, 0.6) is 0 Å². The number of ketones is 1. The molecule has 3 rings (SSSR count). The molecule has 0 radical (unpaired) electrons. The first kappa shape index (κ1) is 26.4. The lowest BCUT2D eigenvalue weighted by atomic mass is 9.84. The number of ether oxygens (including phenoxy) is 1. The Bertz CT molecular complexity index is 1040. The van der Waals surface area contributed by atoms with Gasteiger partial charge in [0.25, 0.3) is 5.91 Å². The standard InChI is InChI=1S/C26H34N4O4S/c1-5-6-11-19(22(31)24(32)29-21-13-14-27-30-21)28-25(33)34-23(26(2,3)4)18-10-7-9-17(16-18)20-12-8-15-35-20/h7-10,12,14-16,19,21,23,30H,5-6,11,13H2,1-4H3,(H,28,33)(H,29,32)/t19-,21?,23+/m0/s1. The van der Waals surface area contributed by atoms with Gasteiger partial charge >= 0.3 is 6.09 Å². The highest BCUT2D eigenvalue weighted by Gasteiger charge is 2.33. The fraction of sp³-hybridized carbons (Fsp3) is 0.462. The third-order valence-electron chi connectivity index (χ3n) is 5.65. The summed E-state index contributed by atoms with van der Waals surface area (Å²) in [6.45, 7) is 7.96. The van der Waals surface area contributed by atoms with Crippen molar-refractivity contribution in [2.24, 2.45) is 10.5 Å². The number of rotatable bonds is 10. The van der Waals surface area contributed by atoms with Crippen molar-refractivity contribution < 1.29 is 19.1 Å². The van der Waals surface area contributed by atoms with Crippen LogP contribution in [-0.4, -0.2) is 36.2 Å². The maximum atomic E-state index is 13.0. The molecular weight excluding hydrogens is 464 g/mol. The number of benzene rings is 1. The number of nitrogens with zero attached hydrogens (tertiary/aromatic N) is 1. The van der Waals surface area contributed by atoms with Crippen LogP contribution in [-0.2, 0) is 14.3 Å². The lowest BCUT2D eigenvalue weighted by molar-refractivity contribution is -0.139. The molecule has 2 aromatic rings. The Labute approximate surface area is 210 Å². The van der Waals surface area contributed by atoms with Crippen LogP contribution < -0.4 is 16.1 Å². The minimum Gasteiger partial charge on any atom is -0.441 e. The number of thiophene rings is 1. The van der Waals surface area contributed by atoms with Gasteiger partial charge in [-0.15, -0.1) is 11.3 Å². The SMILES string of the molecule is CCCC[C@H](NC(=O)O[C@H](c1cccc(-c2cccs2)c1)C(C)(C)C)C(=O)C(=O)NC1CC=NN1. The van der Waals surface area contributed by atoms with Crippen molar-refractivity contribution in [2.45, 2.75) is 71.7 Å². The molecule has 1 unspecified atom stereocenters. The Morgan fingerprint density at radius 1 is 1.23 bits per heavy atom. The summed E-state index contributed by atoms with van der Waals surface area (Å²) in [4.78, 5) is 39.5. The number of hydrogen-bond donors (Lipinski definition) is 3. The van der Waals surface area contributed by atoms with Crippen molar-refractivity contribution in [1.82, 2.24) is 16.1 Å². The summed E-state index contributed by atoms with van der Waals surface area (Å²) in [5.41, 5.74) is 4.22. The van der Waals surface area contributed by atoms with Crippen LogP contribution in [0, 0.1) is 5.41 Å². The van der Waals surface area contributed by atoms with E-state index in [1.807, 2.05) is 69.5 Å². The summed E-state index contributed by atoms with van der Waals surface area (Å²) < 4.78 is 5.88. The molecule has 1 aromatic carbocycles. The molecule has 188 valence electrons. The van der Waals surface area contributed by atoms with Crippen LogP contribution in [0.2, 0.25) is 0 Å². The van der Waals surface area contributed by atoms with Gasteiger partial charge in [-0.1, -0.05) is 64.8 Å². The number of nitrogens with one attached hydrogen (secondary N) is 3. The first-order chi connectivity index (χ1) is 16.7. The minimum atomic E-state index is -0.970. The average Bonchev–Trinajstić information content (AvgIpc) is 3.53. The zero-order chi connectivity index (χ0) is 25.4. The Balaban J connectivity index is 1.72. The predicted molar refractivity (Wildman–Crippen MR) is 138 cm³/mol. The Morgan fingerprint density at radius 3 is 2.66 bits per heavy atom. The van der Waals surface area contributed by atoms with Gasteiger partial charge in [-0.2, -0.15) is 5.10 Å². The monoisotopic (exact) mass is 498 g/mol. The second-order valence-electron chi connectivity index (χ2n) is 9.66. The highest BCUT2D eigenvalue weighted by molar-refractivity contribution is 7.13. The number of unbranched alkanes of at least 4 members (excludes halogenated alkanes) is 1. The summed E-state index contributed by atoms with van der Waals surface area (Å²) in [5, 5.41) is 11.1. The molecule has 2 amide bonds. The first-order valence-electron chi connectivity index (χ1n) is 11.9. The quantitative estimate of drug-likeness (QED) is 0.409. The molecule has 0 spiro atoms. The van der Waals surface area contributed by atoms with E-state index in [4.69, 9.17) is 4.74 Å². The lowest BCUT2D eigenvalue weighted by Crippen LogP contribution is -2.51. The molecule has 3 atom stereocenters. The molecule has 1 aliphatic rings. The summed E-state index contributed by atoms with van der Waals surface area (Å²) in [5.74, 6) is -1.46. The highest BCUT2D eigenvalue weighted by Crippen LogP contribution is 2.38. The van der Waals surface area contributed by atoms with Crippen LogP contribution >= 0.6 is 11.3 Å². The van der Waals surface area contributed by atoms with Gasteiger partial charge in [0, 0.05) is 22.9 Å². The number of carbonyl (C=O) groups is 3. The van der Waals surface area contributed by atoms with Gasteiger partial charge < -0.3 is 15.4 Å². The van der Waals surface area contributed by atoms with Gasteiger partial charge in [0.05, 0.1) is 0 Å². The van der Waals surface area contributed by atoms with Gasteiger partial charge in [-0.05, 0) is 35.1 Å². The van der Waals surface area contributed by atoms with Crippen molar-refractivity contribution >= 4 is 35.3 Å². The third kappa shape index (κ3) is 7.39. The van der Waals surface area contributed by atoms with Gasteiger partial charge in [0.2, 0.25) is 5.78 Å². The fourth-order valence-corrected chi connectivity index (χ4v) is 4.56. The molecule has 3 N–H and O–H groups in total. The predicted octanol–water partition coefficient (Wildman–Crippen LogP) is 4.78. The van der Waals surface area contributed by atoms with Gasteiger partial charge in [-0.25, -0.2) is 4.79 Å². The second kappa shape index (κ2) is 12.0. The smallest absolute Gasteiger partial charge is 0.408 e. The number of carbonyl (C=O) groups excluding carboxylic acids is 3. The van der Waals surface area contributed by atoms with E-state index in [-0.39, 0.29) is 0 Å². The van der Waals surface area contributed by atoms with Crippen LogP contribution in [0.1, 0.15) is 65.0 Å². The lowest BCUT2D eigenvalue weighted by Gasteiger charge is -2.31. The maximum Gasteiger partial charge on any atom is 0.408 e. The largest absolute Gasteiger partial charge is 0.441 e. The van der Waals surface area contributed by atoms with E-state index in [0.717, 1.165) is 22.4 Å². The molecule has 35 heavy (non-hydrogen) atoms. The number of Topliss-reactive ketones (excluding diaryl/α,β-unsaturated/α-hetero) is 1. The van der Waals surface area contributed by atoms with Crippen LogP contribution in [0.3, 0.4) is 0 Å². The first-order valence-corrected chi connectivity index (χ1v) is 12.8. The topological polar surface area (TPSA) is 109 Å². The molecule has 0 fully saturated rings. The van der Waals surface area contributed by atoms with E-state index in [0.29, 0.717) is 19.3 Å². The van der Waals surface area contributed by atoms with Crippen LogP contribution in [0.4, 0.5) is 4.79 Å². The fourth-order valence-electron chi connectivity index (χ4n) is 3.84. The van der Waals surface area contributed by atoms with Crippen molar-refractivity contribution in [3.63, 3.8) is 0 Å². The number of amides is 2. The van der Waals surface area contributed by atoms with E-state index in [1.54, 1.807) is 17.6 Å². The molecule has 0 bridgehead atoms. The van der Waals surface area contributed by atoms with Crippen molar-refractivity contribution in [1.29, 1.82) is 0 Å². The minimum absolute atomic E-state index is 0.348. The van der Waals surface area contributed by atoms with Gasteiger partial charge in [-0.3, -0.25) is 15.0 Å². The Kier molecular flexibility index (Phi) is 9.03. The maximum absolute atomic E-state index is 13.0. The summed E-state index contributed by atoms with van der Waals surface area (Å²) >= 11 is 1.64.